The van der Waals surface area contributed by atoms with Crippen molar-refractivity contribution >= 4 is 21.6 Å². The van der Waals surface area contributed by atoms with Crippen LogP contribution in [0.15, 0.2) is 59.5 Å². The molecule has 124 valence electrons. The normalized spacial score (nSPS) is 10.4. The van der Waals surface area contributed by atoms with Crippen molar-refractivity contribution in [2.45, 2.75) is 17.6 Å². The molecular weight excluding hydrogens is 324 g/mol. The summed E-state index contributed by atoms with van der Waals surface area (Å²) in [7, 11) is -3.49. The van der Waals surface area contributed by atoms with Crippen LogP contribution in [0.3, 0.4) is 0 Å². The Labute approximate surface area is 142 Å². The summed E-state index contributed by atoms with van der Waals surface area (Å²) in [5.41, 5.74) is 0.983. The topological polar surface area (TPSA) is 75.3 Å². The third-order valence-electron chi connectivity index (χ3n) is 3.23. The van der Waals surface area contributed by atoms with E-state index in [0.29, 0.717) is 11.3 Å². The van der Waals surface area contributed by atoms with Gasteiger partial charge >= 0.3 is 6.03 Å². The van der Waals surface area contributed by atoms with Crippen molar-refractivity contribution in [1.29, 1.82) is 0 Å². The minimum Gasteiger partial charge on any atom is -0.327 e. The van der Waals surface area contributed by atoms with Crippen LogP contribution < -0.4 is 10.6 Å². The first-order chi connectivity index (χ1) is 11.5. The van der Waals surface area contributed by atoms with Crippen LogP contribution in [0.2, 0.25) is 0 Å². The molecule has 2 amide bonds. The Morgan fingerprint density at radius 1 is 1.04 bits per heavy atom. The number of carbonyl (C=O) groups is 1. The van der Waals surface area contributed by atoms with E-state index in [-0.39, 0.29) is 17.2 Å². The molecule has 0 aliphatic heterocycles. The van der Waals surface area contributed by atoms with Crippen molar-refractivity contribution in [3.8, 4) is 11.8 Å². The molecule has 2 aromatic carbocycles. The molecule has 0 aromatic heterocycles. The van der Waals surface area contributed by atoms with Gasteiger partial charge in [0.2, 0.25) is 0 Å². The molecule has 2 rings (SSSR count). The molecule has 2 N–H and O–H groups in total. The average Bonchev–Trinajstić information content (AvgIpc) is 2.57. The molecule has 0 aliphatic carbocycles. The van der Waals surface area contributed by atoms with E-state index < -0.39 is 15.9 Å². The van der Waals surface area contributed by atoms with Crippen molar-refractivity contribution in [2.24, 2.45) is 0 Å². The Kier molecular flexibility index (Phi) is 5.99. The van der Waals surface area contributed by atoms with Crippen LogP contribution >= 0.6 is 0 Å². The highest BCUT2D eigenvalue weighted by Gasteiger charge is 2.17. The highest BCUT2D eigenvalue weighted by molar-refractivity contribution is 7.90. The third-order valence-corrected chi connectivity index (χ3v) is 4.91. The highest BCUT2D eigenvalue weighted by atomic mass is 32.2. The lowest BCUT2D eigenvalue weighted by Gasteiger charge is -2.12. The number of hydrogen-bond donors (Lipinski definition) is 2. The molecular formula is C18H18N2O3S. The largest absolute Gasteiger partial charge is 0.327 e. The van der Waals surface area contributed by atoms with Gasteiger partial charge < -0.3 is 10.6 Å². The van der Waals surface area contributed by atoms with Crippen LogP contribution in [0.25, 0.3) is 0 Å². The van der Waals surface area contributed by atoms with Gasteiger partial charge in [0.05, 0.1) is 17.2 Å². The Hall–Kier alpha value is -2.78. The Balaban J connectivity index is 2.17. The SMILES string of the molecule is CC#CCNC(=O)Nc1ccccc1CS(=O)(=O)c1ccccc1. The quantitative estimate of drug-likeness (QED) is 0.821. The van der Waals surface area contributed by atoms with Gasteiger partial charge in [0, 0.05) is 5.69 Å². The van der Waals surface area contributed by atoms with Crippen LogP contribution in [-0.4, -0.2) is 21.0 Å². The fourth-order valence-electron chi connectivity index (χ4n) is 2.06. The number of amides is 2. The molecule has 0 saturated carbocycles. The maximum Gasteiger partial charge on any atom is 0.320 e. The molecule has 0 saturated heterocycles. The van der Waals surface area contributed by atoms with Crippen LogP contribution in [0.4, 0.5) is 10.5 Å². The van der Waals surface area contributed by atoms with Gasteiger partial charge in [-0.3, -0.25) is 0 Å². The maximum absolute atomic E-state index is 12.5. The lowest BCUT2D eigenvalue weighted by molar-refractivity contribution is 0.253. The first-order valence-electron chi connectivity index (χ1n) is 7.33. The minimum atomic E-state index is -3.49. The molecule has 0 spiro atoms. The standard InChI is InChI=1S/C18H18N2O3S/c1-2-3-13-19-18(21)20-17-12-8-7-9-15(17)14-24(22,23)16-10-5-4-6-11-16/h4-12H,13-14H2,1H3,(H2,19,20,21). The average molecular weight is 342 g/mol. The van der Waals surface area contributed by atoms with Gasteiger partial charge in [0.25, 0.3) is 0 Å². The molecule has 2 aromatic rings. The van der Waals surface area contributed by atoms with Crippen molar-refractivity contribution in [3.05, 3.63) is 60.2 Å². The maximum atomic E-state index is 12.5. The van der Waals surface area contributed by atoms with E-state index in [1.165, 1.54) is 0 Å². The van der Waals surface area contributed by atoms with Gasteiger partial charge in [-0.1, -0.05) is 42.3 Å². The van der Waals surface area contributed by atoms with Crippen LogP contribution in [0.1, 0.15) is 12.5 Å². The third kappa shape index (κ3) is 4.86. The smallest absolute Gasteiger partial charge is 0.320 e. The van der Waals surface area contributed by atoms with Gasteiger partial charge in [0.1, 0.15) is 0 Å². The van der Waals surface area contributed by atoms with Crippen molar-refractivity contribution in [1.82, 2.24) is 5.32 Å². The van der Waals surface area contributed by atoms with E-state index in [9.17, 15) is 13.2 Å². The Morgan fingerprint density at radius 3 is 2.42 bits per heavy atom. The van der Waals surface area contributed by atoms with Gasteiger partial charge in [-0.25, -0.2) is 13.2 Å². The summed E-state index contributed by atoms with van der Waals surface area (Å²) in [6, 6.07) is 14.6. The summed E-state index contributed by atoms with van der Waals surface area (Å²) >= 11 is 0. The van der Waals surface area contributed by atoms with Crippen LogP contribution in [0, 0.1) is 11.8 Å². The number of sulfone groups is 1. The van der Waals surface area contributed by atoms with Crippen molar-refractivity contribution < 1.29 is 13.2 Å². The predicted octanol–water partition coefficient (Wildman–Crippen LogP) is 2.81. The number of hydrogen-bond acceptors (Lipinski definition) is 3. The van der Waals surface area contributed by atoms with Gasteiger partial charge in [0.15, 0.2) is 9.84 Å². The predicted molar refractivity (Wildman–Crippen MR) is 94.2 cm³/mol. The summed E-state index contributed by atoms with van der Waals surface area (Å²) in [6.45, 7) is 1.91. The molecule has 0 unspecified atom stereocenters. The Morgan fingerprint density at radius 2 is 1.71 bits per heavy atom. The van der Waals surface area contributed by atoms with E-state index in [4.69, 9.17) is 0 Å². The summed E-state index contributed by atoms with van der Waals surface area (Å²) in [5.74, 6) is 5.20. The van der Waals surface area contributed by atoms with Crippen LogP contribution in [0.5, 0.6) is 0 Å². The van der Waals surface area contributed by atoms with Gasteiger partial charge in [-0.05, 0) is 30.7 Å². The van der Waals surface area contributed by atoms with Crippen molar-refractivity contribution in [2.75, 3.05) is 11.9 Å². The number of anilines is 1. The van der Waals surface area contributed by atoms with Crippen LogP contribution in [-0.2, 0) is 15.6 Å². The summed E-state index contributed by atoms with van der Waals surface area (Å²) in [5, 5.41) is 5.24. The summed E-state index contributed by atoms with van der Waals surface area (Å²) in [4.78, 5) is 12.1. The number of nitrogens with one attached hydrogen (secondary N) is 2. The lowest BCUT2D eigenvalue weighted by atomic mass is 10.2. The number of para-hydroxylation sites is 1. The summed E-state index contributed by atoms with van der Waals surface area (Å²) in [6.07, 6.45) is 0. The number of rotatable bonds is 5. The van der Waals surface area contributed by atoms with E-state index in [1.807, 2.05) is 0 Å². The van der Waals surface area contributed by atoms with E-state index in [2.05, 4.69) is 22.5 Å². The molecule has 6 heteroatoms. The monoisotopic (exact) mass is 342 g/mol. The number of benzene rings is 2. The molecule has 0 aliphatic rings. The summed E-state index contributed by atoms with van der Waals surface area (Å²) < 4.78 is 25.0. The first kappa shape index (κ1) is 17.6. The molecule has 24 heavy (non-hydrogen) atoms. The zero-order valence-electron chi connectivity index (χ0n) is 13.2. The van der Waals surface area contributed by atoms with Crippen molar-refractivity contribution in [3.63, 3.8) is 0 Å². The Bertz CT molecular complexity index is 866. The zero-order chi connectivity index (χ0) is 17.4. The second-order valence-electron chi connectivity index (χ2n) is 4.96. The molecule has 0 radical (unpaired) electrons. The molecule has 0 fully saturated rings. The molecule has 5 nitrogen and oxygen atoms in total. The van der Waals surface area contributed by atoms with Gasteiger partial charge in [-0.2, -0.15) is 0 Å². The fraction of sp³-hybridized carbons (Fsp3) is 0.167. The second-order valence-corrected chi connectivity index (χ2v) is 6.95. The fourth-order valence-corrected chi connectivity index (χ4v) is 3.46. The molecule has 0 heterocycles. The zero-order valence-corrected chi connectivity index (χ0v) is 14.1. The molecule has 0 bridgehead atoms. The van der Waals surface area contributed by atoms with E-state index in [0.717, 1.165) is 0 Å². The van der Waals surface area contributed by atoms with E-state index >= 15 is 0 Å². The van der Waals surface area contributed by atoms with Gasteiger partial charge in [-0.15, -0.1) is 5.92 Å². The molecule has 0 atom stereocenters. The first-order valence-corrected chi connectivity index (χ1v) is 8.98. The highest BCUT2D eigenvalue weighted by Crippen LogP contribution is 2.22. The lowest BCUT2D eigenvalue weighted by Crippen LogP contribution is -2.29. The number of carbonyl (C=O) groups excluding carboxylic acids is 1. The second kappa shape index (κ2) is 8.18. The minimum absolute atomic E-state index is 0.192. The number of urea groups is 1. The van der Waals surface area contributed by atoms with E-state index in [1.54, 1.807) is 61.5 Å².